The van der Waals surface area contributed by atoms with Gasteiger partial charge in [0.15, 0.2) is 0 Å². The van der Waals surface area contributed by atoms with Crippen LogP contribution >= 0.6 is 11.8 Å². The molecule has 2 aromatic heterocycles. The molecule has 0 amide bonds. The molecule has 0 unspecified atom stereocenters. The van der Waals surface area contributed by atoms with Crippen LogP contribution in [0.25, 0.3) is 11.5 Å². The number of rotatable bonds is 5. The van der Waals surface area contributed by atoms with E-state index in [-0.39, 0.29) is 5.25 Å². The average molecular weight is 329 g/mol. The second kappa shape index (κ2) is 6.54. The largest absolute Gasteiger partial charge is 0.419 e. The lowest BCUT2D eigenvalue weighted by Gasteiger charge is -2.02. The standard InChI is InChI=1S/C16H19N5OS/c1-9(2)13-17-16(21-18-13)23-11(4)14-19-20-15(22-14)12-7-5-10(3)6-8-12/h5-9,11H,1-4H3,(H,17,18,21)/t11-/m0/s1. The number of aromatic amines is 1. The maximum atomic E-state index is 5.79. The van der Waals surface area contributed by atoms with E-state index < -0.39 is 0 Å². The third kappa shape index (κ3) is 3.61. The lowest BCUT2D eigenvalue weighted by molar-refractivity contribution is 0.509. The zero-order chi connectivity index (χ0) is 16.4. The minimum atomic E-state index is -0.0162. The van der Waals surface area contributed by atoms with Crippen molar-refractivity contribution in [3.8, 4) is 11.5 Å². The fourth-order valence-electron chi connectivity index (χ4n) is 1.99. The number of hydrogen-bond donors (Lipinski definition) is 1. The van der Waals surface area contributed by atoms with E-state index in [1.807, 2.05) is 38.1 Å². The van der Waals surface area contributed by atoms with E-state index in [0.29, 0.717) is 22.9 Å². The van der Waals surface area contributed by atoms with Crippen molar-refractivity contribution in [3.63, 3.8) is 0 Å². The summed E-state index contributed by atoms with van der Waals surface area (Å²) in [5.74, 6) is 2.31. The minimum Gasteiger partial charge on any atom is -0.419 e. The van der Waals surface area contributed by atoms with Crippen LogP contribution in [0, 0.1) is 6.92 Å². The van der Waals surface area contributed by atoms with Crippen molar-refractivity contribution in [1.82, 2.24) is 25.4 Å². The molecule has 0 saturated heterocycles. The summed E-state index contributed by atoms with van der Waals surface area (Å²) in [6.45, 7) is 8.20. The molecule has 1 N–H and O–H groups in total. The van der Waals surface area contributed by atoms with Gasteiger partial charge in [0.2, 0.25) is 16.9 Å². The quantitative estimate of drug-likeness (QED) is 0.709. The van der Waals surface area contributed by atoms with Crippen LogP contribution in [-0.2, 0) is 0 Å². The smallest absolute Gasteiger partial charge is 0.247 e. The summed E-state index contributed by atoms with van der Waals surface area (Å²) in [7, 11) is 0. The molecule has 0 saturated carbocycles. The summed E-state index contributed by atoms with van der Waals surface area (Å²) in [5.41, 5.74) is 2.12. The normalized spacial score (nSPS) is 12.7. The third-order valence-electron chi connectivity index (χ3n) is 3.40. The van der Waals surface area contributed by atoms with Gasteiger partial charge in [-0.3, -0.25) is 5.10 Å². The fraction of sp³-hybridized carbons (Fsp3) is 0.375. The number of aromatic nitrogens is 5. The van der Waals surface area contributed by atoms with Gasteiger partial charge in [0, 0.05) is 11.5 Å². The van der Waals surface area contributed by atoms with Crippen LogP contribution in [-0.4, -0.2) is 25.4 Å². The van der Waals surface area contributed by atoms with Crippen molar-refractivity contribution < 1.29 is 4.42 Å². The Kier molecular flexibility index (Phi) is 4.47. The number of hydrogen-bond acceptors (Lipinski definition) is 6. The lowest BCUT2D eigenvalue weighted by Crippen LogP contribution is -1.91. The Morgan fingerprint density at radius 2 is 1.83 bits per heavy atom. The molecule has 0 aliphatic carbocycles. The summed E-state index contributed by atoms with van der Waals surface area (Å²) in [6, 6.07) is 8.01. The van der Waals surface area contributed by atoms with Crippen molar-refractivity contribution in [2.24, 2.45) is 0 Å². The molecule has 2 heterocycles. The third-order valence-corrected chi connectivity index (χ3v) is 4.35. The summed E-state index contributed by atoms with van der Waals surface area (Å²) in [6.07, 6.45) is 0. The highest BCUT2D eigenvalue weighted by Crippen LogP contribution is 2.33. The van der Waals surface area contributed by atoms with E-state index in [9.17, 15) is 0 Å². The van der Waals surface area contributed by atoms with Crippen molar-refractivity contribution >= 4 is 11.8 Å². The van der Waals surface area contributed by atoms with Gasteiger partial charge in [-0.25, -0.2) is 4.98 Å². The second-order valence-corrected chi connectivity index (χ2v) is 7.04. The van der Waals surface area contributed by atoms with E-state index in [0.717, 1.165) is 11.4 Å². The first-order chi connectivity index (χ1) is 11.0. The molecule has 3 rings (SSSR count). The monoisotopic (exact) mass is 329 g/mol. The Bertz CT molecular complexity index is 778. The van der Waals surface area contributed by atoms with Crippen LogP contribution in [0.1, 0.15) is 49.2 Å². The second-order valence-electron chi connectivity index (χ2n) is 5.73. The first kappa shape index (κ1) is 15.7. The molecule has 0 fully saturated rings. The lowest BCUT2D eigenvalue weighted by atomic mass is 10.1. The highest BCUT2D eigenvalue weighted by Gasteiger charge is 2.18. The highest BCUT2D eigenvalue weighted by atomic mass is 32.2. The van der Waals surface area contributed by atoms with Crippen LogP contribution in [0.5, 0.6) is 0 Å². The Morgan fingerprint density at radius 3 is 2.48 bits per heavy atom. The molecule has 0 aliphatic heterocycles. The summed E-state index contributed by atoms with van der Waals surface area (Å²) in [4.78, 5) is 4.46. The number of thioether (sulfide) groups is 1. The van der Waals surface area contributed by atoms with Gasteiger partial charge in [-0.1, -0.05) is 43.3 Å². The Balaban J connectivity index is 1.72. The fourth-order valence-corrected chi connectivity index (χ4v) is 2.75. The number of nitrogens with zero attached hydrogens (tertiary/aromatic N) is 4. The Hall–Kier alpha value is -2.15. The number of H-pyrrole nitrogens is 1. The van der Waals surface area contributed by atoms with Crippen molar-refractivity contribution in [1.29, 1.82) is 0 Å². The van der Waals surface area contributed by atoms with Gasteiger partial charge in [-0.15, -0.1) is 15.3 Å². The number of nitrogens with one attached hydrogen (secondary N) is 1. The number of aryl methyl sites for hydroxylation is 1. The van der Waals surface area contributed by atoms with Gasteiger partial charge in [0.1, 0.15) is 5.82 Å². The average Bonchev–Trinajstić information content (AvgIpc) is 3.17. The van der Waals surface area contributed by atoms with Crippen LogP contribution in [0.15, 0.2) is 33.8 Å². The van der Waals surface area contributed by atoms with Gasteiger partial charge in [0.05, 0.1) is 5.25 Å². The van der Waals surface area contributed by atoms with E-state index in [1.165, 1.54) is 17.3 Å². The van der Waals surface area contributed by atoms with Crippen LogP contribution < -0.4 is 0 Å². The van der Waals surface area contributed by atoms with Crippen molar-refractivity contribution in [2.75, 3.05) is 0 Å². The van der Waals surface area contributed by atoms with Crippen molar-refractivity contribution in [3.05, 3.63) is 41.5 Å². The van der Waals surface area contributed by atoms with E-state index in [1.54, 1.807) is 0 Å². The predicted molar refractivity (Wildman–Crippen MR) is 89.2 cm³/mol. The zero-order valence-corrected chi connectivity index (χ0v) is 14.4. The van der Waals surface area contributed by atoms with E-state index in [4.69, 9.17) is 4.42 Å². The highest BCUT2D eigenvalue weighted by molar-refractivity contribution is 7.99. The topological polar surface area (TPSA) is 80.5 Å². The SMILES string of the molecule is Cc1ccc(-c2nnc([C@H](C)Sc3n[nH]c(C(C)C)n3)o2)cc1. The Morgan fingerprint density at radius 1 is 1.09 bits per heavy atom. The molecule has 6 nitrogen and oxygen atoms in total. The molecule has 7 heteroatoms. The minimum absolute atomic E-state index is 0.0162. The molecule has 0 spiro atoms. The van der Waals surface area contributed by atoms with Gasteiger partial charge in [0.25, 0.3) is 0 Å². The molecule has 0 radical (unpaired) electrons. The molecule has 120 valence electrons. The van der Waals surface area contributed by atoms with E-state index in [2.05, 4.69) is 39.2 Å². The van der Waals surface area contributed by atoms with E-state index >= 15 is 0 Å². The molecular formula is C16H19N5OS. The molecule has 3 aromatic rings. The van der Waals surface area contributed by atoms with Gasteiger partial charge < -0.3 is 4.42 Å². The van der Waals surface area contributed by atoms with Gasteiger partial charge in [-0.05, 0) is 26.0 Å². The number of benzene rings is 1. The van der Waals surface area contributed by atoms with Gasteiger partial charge in [-0.2, -0.15) is 0 Å². The molecule has 1 aromatic carbocycles. The predicted octanol–water partition coefficient (Wildman–Crippen LogP) is 4.14. The summed E-state index contributed by atoms with van der Waals surface area (Å²) >= 11 is 1.50. The maximum Gasteiger partial charge on any atom is 0.247 e. The molecule has 23 heavy (non-hydrogen) atoms. The molecule has 0 bridgehead atoms. The molecule has 1 atom stereocenters. The van der Waals surface area contributed by atoms with Crippen LogP contribution in [0.3, 0.4) is 0 Å². The van der Waals surface area contributed by atoms with Crippen LogP contribution in [0.4, 0.5) is 0 Å². The first-order valence-electron chi connectivity index (χ1n) is 7.52. The summed E-state index contributed by atoms with van der Waals surface area (Å²) in [5, 5.41) is 16.1. The van der Waals surface area contributed by atoms with Gasteiger partial charge >= 0.3 is 0 Å². The zero-order valence-electron chi connectivity index (χ0n) is 13.6. The molecule has 0 aliphatic rings. The maximum absolute atomic E-state index is 5.79. The Labute approximate surface area is 139 Å². The first-order valence-corrected chi connectivity index (χ1v) is 8.40. The van der Waals surface area contributed by atoms with Crippen molar-refractivity contribution in [2.45, 2.75) is 44.0 Å². The summed E-state index contributed by atoms with van der Waals surface area (Å²) < 4.78 is 5.79. The molecular weight excluding hydrogens is 310 g/mol. The van der Waals surface area contributed by atoms with Crippen LogP contribution in [0.2, 0.25) is 0 Å².